The van der Waals surface area contributed by atoms with Crippen LogP contribution in [0.4, 0.5) is 0 Å². The Morgan fingerprint density at radius 2 is 1.69 bits per heavy atom. The Kier molecular flexibility index (Phi) is 8.83. The van der Waals surface area contributed by atoms with Crippen LogP contribution in [0.2, 0.25) is 0 Å². The fourth-order valence-electron chi connectivity index (χ4n) is 1.65. The molecule has 0 unspecified atom stereocenters. The lowest BCUT2D eigenvalue weighted by atomic mass is 9.82. The van der Waals surface area contributed by atoms with Crippen molar-refractivity contribution in [2.75, 3.05) is 6.54 Å². The van der Waals surface area contributed by atoms with Gasteiger partial charge in [0.1, 0.15) is 0 Å². The number of carboxylic acid groups (broad SMARTS) is 1. The molecule has 13 heavy (non-hydrogen) atoms. The summed E-state index contributed by atoms with van der Waals surface area (Å²) in [5, 5.41) is 8.67. The molecule has 0 spiro atoms. The molecule has 3 nitrogen and oxygen atoms in total. The van der Waals surface area contributed by atoms with E-state index in [2.05, 4.69) is 0 Å². The number of carboxylic acids is 1. The van der Waals surface area contributed by atoms with Crippen molar-refractivity contribution < 1.29 is 9.90 Å². The van der Waals surface area contributed by atoms with Gasteiger partial charge in [0, 0.05) is 0 Å². The van der Waals surface area contributed by atoms with Crippen LogP contribution in [-0.4, -0.2) is 17.6 Å². The van der Waals surface area contributed by atoms with Crippen molar-refractivity contribution in [1.82, 2.24) is 0 Å². The second-order valence-electron chi connectivity index (χ2n) is 3.29. The van der Waals surface area contributed by atoms with Crippen LogP contribution in [0.25, 0.3) is 0 Å². The molecule has 5 heteroatoms. The third-order valence-electron chi connectivity index (χ3n) is 2.53. The van der Waals surface area contributed by atoms with E-state index in [0.29, 0.717) is 12.5 Å². The van der Waals surface area contributed by atoms with Crippen LogP contribution in [0.3, 0.4) is 0 Å². The third kappa shape index (κ3) is 4.69. The summed E-state index contributed by atoms with van der Waals surface area (Å²) in [4.78, 5) is 10.5. The Labute approximate surface area is 90.9 Å². The summed E-state index contributed by atoms with van der Waals surface area (Å²) in [6.45, 7) is 0.715. The van der Waals surface area contributed by atoms with Gasteiger partial charge in [0.05, 0.1) is 5.92 Å². The highest BCUT2D eigenvalue weighted by Gasteiger charge is 2.24. The van der Waals surface area contributed by atoms with Gasteiger partial charge < -0.3 is 10.8 Å². The van der Waals surface area contributed by atoms with E-state index in [1.807, 2.05) is 0 Å². The van der Waals surface area contributed by atoms with Gasteiger partial charge in [-0.1, -0.05) is 0 Å². The Bertz CT molecular complexity index is 147. The minimum Gasteiger partial charge on any atom is -0.481 e. The van der Waals surface area contributed by atoms with Gasteiger partial charge in [-0.2, -0.15) is 0 Å². The molecular formula is C8H17Cl2NO2. The fourth-order valence-corrected chi connectivity index (χ4v) is 1.65. The van der Waals surface area contributed by atoms with E-state index in [1.165, 1.54) is 0 Å². The summed E-state index contributed by atoms with van der Waals surface area (Å²) >= 11 is 0. The lowest BCUT2D eigenvalue weighted by Crippen LogP contribution is -2.25. The highest BCUT2D eigenvalue weighted by molar-refractivity contribution is 5.85. The molecule has 0 atom stereocenters. The van der Waals surface area contributed by atoms with Crippen molar-refractivity contribution in [2.45, 2.75) is 25.7 Å². The molecule has 0 aromatic carbocycles. The average molecular weight is 230 g/mol. The summed E-state index contributed by atoms with van der Waals surface area (Å²) in [5.41, 5.74) is 5.48. The van der Waals surface area contributed by atoms with Crippen LogP contribution in [0.1, 0.15) is 25.7 Å². The van der Waals surface area contributed by atoms with Crippen LogP contribution >= 0.6 is 24.8 Å². The first-order valence-corrected chi connectivity index (χ1v) is 4.17. The Hall–Kier alpha value is 0.01000. The lowest BCUT2D eigenvalue weighted by Gasteiger charge is -2.24. The molecule has 0 amide bonds. The zero-order valence-corrected chi connectivity index (χ0v) is 9.07. The highest BCUT2D eigenvalue weighted by Crippen LogP contribution is 2.27. The predicted octanol–water partition coefficient (Wildman–Crippen LogP) is 1.68. The monoisotopic (exact) mass is 229 g/mol. The van der Waals surface area contributed by atoms with Crippen LogP contribution < -0.4 is 5.73 Å². The second kappa shape index (κ2) is 7.42. The van der Waals surface area contributed by atoms with Crippen LogP contribution in [0.5, 0.6) is 0 Å². The molecule has 1 aliphatic rings. The van der Waals surface area contributed by atoms with Gasteiger partial charge in [-0.25, -0.2) is 0 Å². The molecule has 0 saturated heterocycles. The van der Waals surface area contributed by atoms with E-state index in [4.69, 9.17) is 10.8 Å². The molecule has 1 rings (SSSR count). The Morgan fingerprint density at radius 1 is 1.23 bits per heavy atom. The molecule has 1 saturated carbocycles. The summed E-state index contributed by atoms with van der Waals surface area (Å²) in [6, 6.07) is 0. The summed E-state index contributed by atoms with van der Waals surface area (Å²) in [5.74, 6) is -0.163. The van der Waals surface area contributed by atoms with Crippen LogP contribution in [0, 0.1) is 11.8 Å². The highest BCUT2D eigenvalue weighted by atomic mass is 35.5. The maximum atomic E-state index is 10.5. The SMILES string of the molecule is Cl.Cl.NC[C@H]1CC[C@H](C(=O)O)CC1. The number of rotatable bonds is 2. The van der Waals surface area contributed by atoms with Crippen molar-refractivity contribution in [2.24, 2.45) is 17.6 Å². The minimum absolute atomic E-state index is 0. The quantitative estimate of drug-likeness (QED) is 0.758. The van der Waals surface area contributed by atoms with Crippen LogP contribution in [0.15, 0.2) is 0 Å². The van der Waals surface area contributed by atoms with Gasteiger partial charge in [-0.3, -0.25) is 4.79 Å². The molecule has 3 N–H and O–H groups in total. The molecule has 0 heterocycles. The van der Waals surface area contributed by atoms with Crippen molar-refractivity contribution >= 4 is 30.8 Å². The van der Waals surface area contributed by atoms with Gasteiger partial charge >= 0.3 is 5.97 Å². The van der Waals surface area contributed by atoms with E-state index in [9.17, 15) is 4.79 Å². The average Bonchev–Trinajstić information content (AvgIpc) is 2.05. The Morgan fingerprint density at radius 3 is 2.00 bits per heavy atom. The second-order valence-corrected chi connectivity index (χ2v) is 3.29. The molecule has 0 radical (unpaired) electrons. The molecule has 0 bridgehead atoms. The zero-order chi connectivity index (χ0) is 8.27. The number of carbonyl (C=O) groups is 1. The maximum Gasteiger partial charge on any atom is 0.306 e. The number of aliphatic carboxylic acids is 1. The third-order valence-corrected chi connectivity index (χ3v) is 2.53. The summed E-state index contributed by atoms with van der Waals surface area (Å²) < 4.78 is 0. The molecule has 0 aromatic heterocycles. The molecule has 1 aliphatic carbocycles. The topological polar surface area (TPSA) is 63.3 Å². The van der Waals surface area contributed by atoms with E-state index in [-0.39, 0.29) is 30.7 Å². The molecular weight excluding hydrogens is 213 g/mol. The van der Waals surface area contributed by atoms with Gasteiger partial charge in [0.25, 0.3) is 0 Å². The van der Waals surface area contributed by atoms with Crippen molar-refractivity contribution in [3.63, 3.8) is 0 Å². The lowest BCUT2D eigenvalue weighted by molar-refractivity contribution is -0.143. The maximum absolute atomic E-state index is 10.5. The normalized spacial score (nSPS) is 26.8. The smallest absolute Gasteiger partial charge is 0.306 e. The number of hydrogen-bond acceptors (Lipinski definition) is 2. The first-order chi connectivity index (χ1) is 5.24. The van der Waals surface area contributed by atoms with Gasteiger partial charge in [0.15, 0.2) is 0 Å². The first kappa shape index (κ1) is 15.5. The van der Waals surface area contributed by atoms with E-state index in [1.54, 1.807) is 0 Å². The van der Waals surface area contributed by atoms with Gasteiger partial charge in [0.2, 0.25) is 0 Å². The standard InChI is InChI=1S/C8H15NO2.2ClH/c9-5-6-1-3-7(4-2-6)8(10)11;;/h6-7H,1-5,9H2,(H,10,11);2*1H/t6-,7-;;. The molecule has 0 aliphatic heterocycles. The van der Waals surface area contributed by atoms with Crippen molar-refractivity contribution in [1.29, 1.82) is 0 Å². The van der Waals surface area contributed by atoms with Crippen LogP contribution in [-0.2, 0) is 4.79 Å². The van der Waals surface area contributed by atoms with E-state index < -0.39 is 5.97 Å². The predicted molar refractivity (Wildman–Crippen MR) is 56.6 cm³/mol. The first-order valence-electron chi connectivity index (χ1n) is 4.17. The molecule has 0 aromatic rings. The van der Waals surface area contributed by atoms with Gasteiger partial charge in [-0.15, -0.1) is 24.8 Å². The summed E-state index contributed by atoms with van der Waals surface area (Å²) in [7, 11) is 0. The largest absolute Gasteiger partial charge is 0.481 e. The number of halogens is 2. The number of nitrogens with two attached hydrogens (primary N) is 1. The van der Waals surface area contributed by atoms with E-state index in [0.717, 1.165) is 25.7 Å². The van der Waals surface area contributed by atoms with Crippen molar-refractivity contribution in [3.05, 3.63) is 0 Å². The van der Waals surface area contributed by atoms with Crippen molar-refractivity contribution in [3.8, 4) is 0 Å². The fraction of sp³-hybridized carbons (Fsp3) is 0.875. The number of hydrogen-bond donors (Lipinski definition) is 2. The summed E-state index contributed by atoms with van der Waals surface area (Å²) in [6.07, 6.45) is 3.62. The molecule has 80 valence electrons. The van der Waals surface area contributed by atoms with Gasteiger partial charge in [-0.05, 0) is 38.1 Å². The molecule has 1 fully saturated rings. The zero-order valence-electron chi connectivity index (χ0n) is 7.44. The van der Waals surface area contributed by atoms with E-state index >= 15 is 0 Å². The minimum atomic E-state index is -0.638. The Balaban J connectivity index is 0.